The highest BCUT2D eigenvalue weighted by Crippen LogP contribution is 2.37. The third-order valence-electron chi connectivity index (χ3n) is 1.77. The number of pyridine rings is 1. The van der Waals surface area contributed by atoms with Crippen molar-refractivity contribution in [3.05, 3.63) is 26.6 Å². The molecule has 1 heterocycles. The third kappa shape index (κ3) is 2.82. The van der Waals surface area contributed by atoms with Crippen LogP contribution in [0, 0.1) is 3.57 Å². The van der Waals surface area contributed by atoms with Crippen molar-refractivity contribution in [3.8, 4) is 0 Å². The molecule has 0 aliphatic carbocycles. The van der Waals surface area contributed by atoms with Gasteiger partial charge in [-0.05, 0) is 28.2 Å². The van der Waals surface area contributed by atoms with Gasteiger partial charge in [0, 0.05) is 17.1 Å². The van der Waals surface area contributed by atoms with Gasteiger partial charge in [-0.25, -0.2) is 8.78 Å². The van der Waals surface area contributed by atoms with Gasteiger partial charge < -0.3 is 0 Å². The minimum atomic E-state index is -4.72. The Morgan fingerprint density at radius 3 is 2.31 bits per heavy atom. The van der Waals surface area contributed by atoms with Crippen molar-refractivity contribution in [2.75, 3.05) is 0 Å². The molecule has 1 aromatic rings. The van der Waals surface area contributed by atoms with Crippen molar-refractivity contribution < 1.29 is 22.0 Å². The molecule has 0 amide bonds. The molecule has 0 saturated heterocycles. The molecule has 1 rings (SSSR count). The maximum absolute atomic E-state index is 12.6. The van der Waals surface area contributed by atoms with Crippen LogP contribution in [-0.2, 0) is 11.5 Å². The summed E-state index contributed by atoms with van der Waals surface area (Å²) >= 11 is 4.17. The van der Waals surface area contributed by atoms with Crippen LogP contribution < -0.4 is 0 Å². The largest absolute Gasteiger partial charge is 0.434 e. The lowest BCUT2D eigenvalue weighted by Gasteiger charge is -2.14. The first-order valence-electron chi connectivity index (χ1n) is 3.87. The highest BCUT2D eigenvalue weighted by atomic mass is 127. The van der Waals surface area contributed by atoms with Crippen molar-refractivity contribution in [2.45, 2.75) is 17.9 Å². The fourth-order valence-electron chi connectivity index (χ4n) is 1.08. The number of alkyl halides is 6. The Hall–Kier alpha value is 0.01000. The molecule has 0 unspecified atom stereocenters. The molecule has 1 nitrogen and oxygen atoms in total. The molecular formula is C8H4BrF5IN. The van der Waals surface area contributed by atoms with Crippen LogP contribution in [0.1, 0.15) is 23.2 Å². The summed E-state index contributed by atoms with van der Waals surface area (Å²) in [4.78, 5) is 3.17. The van der Waals surface area contributed by atoms with E-state index in [0.29, 0.717) is 0 Å². The summed E-state index contributed by atoms with van der Waals surface area (Å²) in [5.41, 5.74) is -1.82. The molecule has 8 heteroatoms. The maximum atomic E-state index is 12.6. The van der Waals surface area contributed by atoms with Gasteiger partial charge in [0.15, 0.2) is 5.69 Å². The fraction of sp³-hybridized carbons (Fsp3) is 0.375. The van der Waals surface area contributed by atoms with Gasteiger partial charge >= 0.3 is 6.18 Å². The summed E-state index contributed by atoms with van der Waals surface area (Å²) in [5, 5.41) is 0.0355. The van der Waals surface area contributed by atoms with Crippen LogP contribution in [0.5, 0.6) is 0 Å². The molecule has 0 aliphatic rings. The summed E-state index contributed by atoms with van der Waals surface area (Å²) in [6.07, 6.45) is -6.85. The van der Waals surface area contributed by atoms with Gasteiger partial charge in [-0.3, -0.25) is 4.98 Å². The predicted molar refractivity (Wildman–Crippen MR) is 59.5 cm³/mol. The monoisotopic (exact) mass is 415 g/mol. The first-order valence-corrected chi connectivity index (χ1v) is 6.07. The Kier molecular flexibility index (Phi) is 4.49. The van der Waals surface area contributed by atoms with Gasteiger partial charge in [0.2, 0.25) is 0 Å². The van der Waals surface area contributed by atoms with Crippen molar-refractivity contribution >= 4 is 38.5 Å². The Bertz CT molecular complexity index is 393. The van der Waals surface area contributed by atoms with Gasteiger partial charge in [-0.1, -0.05) is 15.9 Å². The second-order valence-electron chi connectivity index (χ2n) is 2.79. The Balaban J connectivity index is 3.44. The van der Waals surface area contributed by atoms with Gasteiger partial charge in [0.05, 0.1) is 3.57 Å². The quantitative estimate of drug-likeness (QED) is 0.392. The molecule has 90 valence electrons. The van der Waals surface area contributed by atoms with Gasteiger partial charge in [0.25, 0.3) is 6.43 Å². The summed E-state index contributed by atoms with van der Waals surface area (Å²) in [6, 6.07) is 0. The Morgan fingerprint density at radius 1 is 1.38 bits per heavy atom. The van der Waals surface area contributed by atoms with E-state index < -0.39 is 27.4 Å². The predicted octanol–water partition coefficient (Wildman–Crippen LogP) is 4.54. The molecule has 0 spiro atoms. The SMILES string of the molecule is FC(F)c1c(CBr)cnc(C(F)(F)F)c1I. The first-order chi connectivity index (χ1) is 7.29. The van der Waals surface area contributed by atoms with E-state index in [-0.39, 0.29) is 10.9 Å². The van der Waals surface area contributed by atoms with E-state index in [9.17, 15) is 22.0 Å². The van der Waals surface area contributed by atoms with Crippen molar-refractivity contribution in [1.82, 2.24) is 4.98 Å². The summed E-state index contributed by atoms with van der Waals surface area (Å²) in [6.45, 7) is 0. The van der Waals surface area contributed by atoms with E-state index in [2.05, 4.69) is 20.9 Å². The van der Waals surface area contributed by atoms with E-state index >= 15 is 0 Å². The smallest absolute Gasteiger partial charge is 0.250 e. The number of hydrogen-bond acceptors (Lipinski definition) is 1. The van der Waals surface area contributed by atoms with Crippen LogP contribution in [0.15, 0.2) is 6.20 Å². The number of hydrogen-bond donors (Lipinski definition) is 0. The number of halogens is 7. The fourth-order valence-corrected chi connectivity index (χ4v) is 2.55. The minimum Gasteiger partial charge on any atom is -0.250 e. The molecule has 0 radical (unpaired) electrons. The Labute approximate surface area is 110 Å². The summed E-state index contributed by atoms with van der Waals surface area (Å²) < 4.78 is 61.9. The van der Waals surface area contributed by atoms with Gasteiger partial charge in [-0.15, -0.1) is 0 Å². The second kappa shape index (κ2) is 5.11. The number of nitrogens with zero attached hydrogens (tertiary/aromatic N) is 1. The van der Waals surface area contributed by atoms with Crippen LogP contribution in [0.25, 0.3) is 0 Å². The van der Waals surface area contributed by atoms with Crippen LogP contribution >= 0.6 is 38.5 Å². The number of rotatable bonds is 2. The molecule has 16 heavy (non-hydrogen) atoms. The zero-order valence-electron chi connectivity index (χ0n) is 7.45. The van der Waals surface area contributed by atoms with E-state index in [4.69, 9.17) is 0 Å². The lowest BCUT2D eigenvalue weighted by molar-refractivity contribution is -0.142. The molecule has 0 bridgehead atoms. The lowest BCUT2D eigenvalue weighted by Crippen LogP contribution is -2.13. The topological polar surface area (TPSA) is 12.9 Å². The average molecular weight is 416 g/mol. The van der Waals surface area contributed by atoms with Gasteiger partial charge in [-0.2, -0.15) is 13.2 Å². The molecule has 1 aromatic heterocycles. The highest BCUT2D eigenvalue weighted by Gasteiger charge is 2.37. The van der Waals surface area contributed by atoms with Crippen molar-refractivity contribution in [2.24, 2.45) is 0 Å². The molecule has 0 aliphatic heterocycles. The third-order valence-corrected chi connectivity index (χ3v) is 3.47. The van der Waals surface area contributed by atoms with Crippen molar-refractivity contribution in [1.29, 1.82) is 0 Å². The van der Waals surface area contributed by atoms with Crippen LogP contribution in [0.3, 0.4) is 0 Å². The van der Waals surface area contributed by atoms with E-state index in [0.717, 1.165) is 6.20 Å². The zero-order valence-corrected chi connectivity index (χ0v) is 11.2. The highest BCUT2D eigenvalue weighted by molar-refractivity contribution is 14.1. The maximum Gasteiger partial charge on any atom is 0.434 e. The molecule has 0 aromatic carbocycles. The lowest BCUT2D eigenvalue weighted by atomic mass is 10.1. The molecule has 0 atom stereocenters. The van der Waals surface area contributed by atoms with E-state index in [1.54, 1.807) is 0 Å². The molecule has 0 saturated carbocycles. The van der Waals surface area contributed by atoms with Crippen molar-refractivity contribution in [3.63, 3.8) is 0 Å². The first kappa shape index (κ1) is 14.1. The van der Waals surface area contributed by atoms with E-state index in [1.165, 1.54) is 22.6 Å². The van der Waals surface area contributed by atoms with Crippen LogP contribution in [0.2, 0.25) is 0 Å². The minimum absolute atomic E-state index is 0.0355. The molecular weight excluding hydrogens is 412 g/mol. The second-order valence-corrected chi connectivity index (χ2v) is 4.43. The standard InChI is InChI=1S/C8H4BrF5IN/c9-1-3-2-16-6(8(12,13)14)5(15)4(3)7(10)11/h2,7H,1H2. The van der Waals surface area contributed by atoms with Gasteiger partial charge in [0.1, 0.15) is 0 Å². The number of aromatic nitrogens is 1. The molecule has 0 fully saturated rings. The Morgan fingerprint density at radius 2 is 1.94 bits per heavy atom. The summed E-state index contributed by atoms with van der Waals surface area (Å²) in [7, 11) is 0. The average Bonchev–Trinajstić information content (AvgIpc) is 2.14. The summed E-state index contributed by atoms with van der Waals surface area (Å²) in [5.74, 6) is 0. The molecule has 0 N–H and O–H groups in total. The van der Waals surface area contributed by atoms with Crippen LogP contribution in [0.4, 0.5) is 22.0 Å². The van der Waals surface area contributed by atoms with Crippen LogP contribution in [-0.4, -0.2) is 4.98 Å². The normalized spacial score (nSPS) is 12.2. The zero-order chi connectivity index (χ0) is 12.5. The van der Waals surface area contributed by atoms with E-state index in [1.807, 2.05) is 0 Å².